The van der Waals surface area contributed by atoms with Crippen molar-refractivity contribution in [3.05, 3.63) is 70.4 Å². The highest BCUT2D eigenvalue weighted by Gasteiger charge is 2.38. The number of halogens is 1. The van der Waals surface area contributed by atoms with E-state index in [9.17, 15) is 4.79 Å². The van der Waals surface area contributed by atoms with Crippen LogP contribution in [0.25, 0.3) is 10.9 Å². The molecule has 1 aromatic heterocycles. The number of rotatable bonds is 6. The number of hydrogen-bond donors (Lipinski definition) is 1. The molecule has 42 heavy (non-hydrogen) atoms. The van der Waals surface area contributed by atoms with Crippen LogP contribution in [0, 0.1) is 0 Å². The molecule has 1 N–H and O–H groups in total. The zero-order valence-electron chi connectivity index (χ0n) is 26.5. The van der Waals surface area contributed by atoms with E-state index < -0.39 is 0 Å². The Hall–Kier alpha value is -2.39. The smallest absolute Gasteiger partial charge is 0.256 e. The van der Waals surface area contributed by atoms with Gasteiger partial charge in [-0.15, -0.1) is 0 Å². The van der Waals surface area contributed by atoms with Crippen molar-refractivity contribution in [2.75, 3.05) is 39.3 Å². The fourth-order valence-electron chi connectivity index (χ4n) is 6.00. The van der Waals surface area contributed by atoms with Gasteiger partial charge in [0.15, 0.2) is 0 Å². The van der Waals surface area contributed by atoms with Gasteiger partial charge in [0, 0.05) is 60.8 Å². The summed E-state index contributed by atoms with van der Waals surface area (Å²) in [5.74, 6) is 0.0758. The number of likely N-dealkylation sites (tertiary alicyclic amines) is 1. The molecule has 1 aliphatic carbocycles. The number of hydrogen-bond acceptors (Lipinski definition) is 6. The first-order chi connectivity index (χ1) is 20.2. The fourth-order valence-corrected chi connectivity index (χ4v) is 6.13. The summed E-state index contributed by atoms with van der Waals surface area (Å²) in [5.41, 5.74) is 4.45. The normalized spacial score (nSPS) is 22.4. The lowest BCUT2D eigenvalue weighted by Crippen LogP contribution is -2.61. The van der Waals surface area contributed by atoms with E-state index in [0.717, 1.165) is 80.4 Å². The van der Waals surface area contributed by atoms with E-state index in [1.807, 2.05) is 56.0 Å². The number of benzene rings is 1. The van der Waals surface area contributed by atoms with E-state index >= 15 is 0 Å². The van der Waals surface area contributed by atoms with Gasteiger partial charge in [-0.1, -0.05) is 66.2 Å². The molecular formula is C34H50BrN5O2. The highest BCUT2D eigenvalue weighted by atomic mass is 79.9. The molecule has 1 amide bonds. The molecule has 2 atom stereocenters. The van der Waals surface area contributed by atoms with Crippen molar-refractivity contribution in [1.29, 1.82) is 0 Å². The molecule has 0 bridgehead atoms. The van der Waals surface area contributed by atoms with Gasteiger partial charge in [0.1, 0.15) is 0 Å². The van der Waals surface area contributed by atoms with Crippen molar-refractivity contribution in [3.8, 4) is 0 Å². The highest BCUT2D eigenvalue weighted by Crippen LogP contribution is 2.31. The lowest BCUT2D eigenvalue weighted by molar-refractivity contribution is 0.0165. The van der Waals surface area contributed by atoms with Crippen LogP contribution in [-0.4, -0.2) is 82.9 Å². The van der Waals surface area contributed by atoms with Crippen LogP contribution in [0.1, 0.15) is 77.6 Å². The Balaban J connectivity index is 0.000000257. The summed E-state index contributed by atoms with van der Waals surface area (Å²) in [4.78, 5) is 17.7. The number of piperazine rings is 1. The van der Waals surface area contributed by atoms with Crippen LogP contribution in [-0.2, 0) is 4.74 Å². The van der Waals surface area contributed by atoms with Crippen molar-refractivity contribution < 1.29 is 9.53 Å². The number of carbonyl (C=O) groups is 1. The minimum atomic E-state index is 0.0758. The molecule has 2 aromatic rings. The van der Waals surface area contributed by atoms with Gasteiger partial charge >= 0.3 is 0 Å². The summed E-state index contributed by atoms with van der Waals surface area (Å²) >= 11 is 3.31. The zero-order chi connectivity index (χ0) is 30.7. The molecule has 2 fully saturated rings. The maximum Gasteiger partial charge on any atom is 0.256 e. The van der Waals surface area contributed by atoms with E-state index in [0.29, 0.717) is 17.7 Å². The third-order valence-corrected chi connectivity index (χ3v) is 8.70. The molecule has 0 radical (unpaired) electrons. The first-order valence-corrected chi connectivity index (χ1v) is 16.3. The molecular weight excluding hydrogens is 590 g/mol. The van der Waals surface area contributed by atoms with Gasteiger partial charge in [-0.05, 0) is 71.1 Å². The maximum absolute atomic E-state index is 13.1. The van der Waals surface area contributed by atoms with Crippen molar-refractivity contribution >= 4 is 32.7 Å². The van der Waals surface area contributed by atoms with Crippen molar-refractivity contribution in [3.63, 3.8) is 0 Å². The minimum absolute atomic E-state index is 0.0758. The first-order valence-electron chi connectivity index (χ1n) is 15.5. The Labute approximate surface area is 261 Å². The van der Waals surface area contributed by atoms with Gasteiger partial charge < -0.3 is 15.0 Å². The molecule has 2 saturated heterocycles. The summed E-state index contributed by atoms with van der Waals surface area (Å²) in [6.45, 7) is 22.2. The zero-order valence-corrected chi connectivity index (χ0v) is 28.0. The standard InChI is InChI=1S/C20H27N5O.C12H17BrO.C2H6/c1-15-14-25(12-9-21-15)20(2)7-10-24(11-8-20)19(26)17-13-22-23-18-6-4-3-5-16(17)18;1-4-14-12-7-9(2)11(8-12)6-5-10(3)13;1-2/h3-6,13,15,21H,7-12,14H2,1-2H3;5-6,12H,3-4,7-8H2,1-2H3;1-2H3/b;6-5-;/t15-;12-;/m01./s1. The van der Waals surface area contributed by atoms with Gasteiger partial charge in [0.25, 0.3) is 5.91 Å². The van der Waals surface area contributed by atoms with Gasteiger partial charge in [0.05, 0.1) is 23.4 Å². The monoisotopic (exact) mass is 639 g/mol. The van der Waals surface area contributed by atoms with E-state index in [1.165, 1.54) is 11.1 Å². The predicted molar refractivity (Wildman–Crippen MR) is 178 cm³/mol. The van der Waals surface area contributed by atoms with E-state index in [-0.39, 0.29) is 11.4 Å². The molecule has 2 aliphatic heterocycles. The summed E-state index contributed by atoms with van der Waals surface area (Å²) in [6.07, 6.45) is 10.3. The Morgan fingerprint density at radius 2 is 1.93 bits per heavy atom. The van der Waals surface area contributed by atoms with Crippen LogP contribution in [0.5, 0.6) is 0 Å². The largest absolute Gasteiger partial charge is 0.378 e. The summed E-state index contributed by atoms with van der Waals surface area (Å²) in [7, 11) is 0. The fraction of sp³-hybridized carbons (Fsp3) is 0.559. The van der Waals surface area contributed by atoms with Crippen LogP contribution in [0.3, 0.4) is 0 Å². The van der Waals surface area contributed by atoms with Gasteiger partial charge in [-0.2, -0.15) is 10.2 Å². The quantitative estimate of drug-likeness (QED) is 0.346. The van der Waals surface area contributed by atoms with Crippen LogP contribution in [0.15, 0.2) is 64.8 Å². The molecule has 5 rings (SSSR count). The summed E-state index contributed by atoms with van der Waals surface area (Å²) in [6, 6.07) is 8.26. The Morgan fingerprint density at radius 3 is 2.60 bits per heavy atom. The first kappa shape index (κ1) is 34.1. The Morgan fingerprint density at radius 1 is 1.21 bits per heavy atom. The number of amides is 1. The average Bonchev–Trinajstić information content (AvgIpc) is 3.36. The molecule has 8 heteroatoms. The topological polar surface area (TPSA) is 70.6 Å². The lowest BCUT2D eigenvalue weighted by Gasteiger charge is -2.49. The van der Waals surface area contributed by atoms with Crippen LogP contribution in [0.2, 0.25) is 0 Å². The number of aromatic nitrogens is 2. The second kappa shape index (κ2) is 16.5. The van der Waals surface area contributed by atoms with Gasteiger partial charge in [0.2, 0.25) is 0 Å². The molecule has 0 spiro atoms. The Kier molecular flexibility index (Phi) is 13.4. The molecule has 3 heterocycles. The number of nitrogens with one attached hydrogen (secondary N) is 1. The average molecular weight is 641 g/mol. The number of allylic oxidation sites excluding steroid dienone is 3. The number of ether oxygens (including phenoxy) is 1. The number of fused-ring (bicyclic) bond motifs is 1. The molecule has 3 aliphatic rings. The van der Waals surface area contributed by atoms with Crippen molar-refractivity contribution in [2.24, 2.45) is 0 Å². The molecule has 7 nitrogen and oxygen atoms in total. The van der Waals surface area contributed by atoms with Gasteiger partial charge in [-0.25, -0.2) is 0 Å². The molecule has 0 saturated carbocycles. The van der Waals surface area contributed by atoms with Crippen LogP contribution in [0.4, 0.5) is 0 Å². The summed E-state index contributed by atoms with van der Waals surface area (Å²) in [5, 5.41) is 12.6. The van der Waals surface area contributed by atoms with Crippen molar-refractivity contribution in [2.45, 2.75) is 84.9 Å². The maximum atomic E-state index is 13.1. The van der Waals surface area contributed by atoms with E-state index in [1.54, 1.807) is 6.20 Å². The van der Waals surface area contributed by atoms with E-state index in [4.69, 9.17) is 4.74 Å². The predicted octanol–water partition coefficient (Wildman–Crippen LogP) is 6.91. The second-order valence-electron chi connectivity index (χ2n) is 11.4. The van der Waals surface area contributed by atoms with E-state index in [2.05, 4.69) is 69.8 Å². The third kappa shape index (κ3) is 9.06. The Bertz CT molecular complexity index is 1250. The van der Waals surface area contributed by atoms with Crippen molar-refractivity contribution in [1.82, 2.24) is 25.3 Å². The van der Waals surface area contributed by atoms with Crippen LogP contribution < -0.4 is 5.32 Å². The SMILES string of the molecule is C=C(Br)/C=C\C1=C(C)C[C@@H](OCC)C1.CC.C[C@H]1CN(C2(C)CCN(C(=O)c3cnnc4ccccc34)CC2)CCN1. The number of carbonyl (C=O) groups excluding carboxylic acids is 1. The second-order valence-corrected chi connectivity index (χ2v) is 12.5. The lowest BCUT2D eigenvalue weighted by atomic mass is 9.86. The molecule has 1 aromatic carbocycles. The van der Waals surface area contributed by atoms with Crippen LogP contribution >= 0.6 is 15.9 Å². The number of nitrogens with zero attached hydrogens (tertiary/aromatic N) is 4. The summed E-state index contributed by atoms with van der Waals surface area (Å²) < 4.78 is 6.52. The van der Waals surface area contributed by atoms with Gasteiger partial charge in [-0.3, -0.25) is 9.69 Å². The molecule has 0 unspecified atom stereocenters. The number of piperidine rings is 1. The molecule has 230 valence electrons. The highest BCUT2D eigenvalue weighted by molar-refractivity contribution is 9.11. The minimum Gasteiger partial charge on any atom is -0.378 e. The third-order valence-electron chi connectivity index (χ3n) is 8.43.